The monoisotopic (exact) mass is 233 g/mol. The van der Waals surface area contributed by atoms with Gasteiger partial charge in [0.2, 0.25) is 0 Å². The molecule has 1 aromatic rings. The lowest BCUT2D eigenvalue weighted by Gasteiger charge is -2.27. The molecule has 1 N–H and O–H groups in total. The van der Waals surface area contributed by atoms with E-state index in [-0.39, 0.29) is 0 Å². The number of aryl methyl sites for hydroxylation is 1. The van der Waals surface area contributed by atoms with Gasteiger partial charge in [0.15, 0.2) is 0 Å². The minimum atomic E-state index is 0.996. The first-order valence-electron chi connectivity index (χ1n) is 6.37. The summed E-state index contributed by atoms with van der Waals surface area (Å²) in [6.45, 7) is 7.59. The number of benzene rings is 1. The summed E-state index contributed by atoms with van der Waals surface area (Å²) in [4.78, 5) is 4.76. The largest absolute Gasteiger partial charge is 0.368 e. The molecule has 0 saturated heterocycles. The molecular weight excluding hydrogens is 210 g/mol. The topological polar surface area (TPSA) is 18.5 Å². The van der Waals surface area contributed by atoms with E-state index in [0.29, 0.717) is 0 Å². The number of nitrogens with one attached hydrogen (secondary N) is 1. The van der Waals surface area contributed by atoms with Crippen LogP contribution in [0, 0.1) is 6.92 Å². The van der Waals surface area contributed by atoms with Crippen LogP contribution in [0.1, 0.15) is 11.1 Å². The van der Waals surface area contributed by atoms with Crippen molar-refractivity contribution in [1.29, 1.82) is 0 Å². The molecule has 3 heteroatoms. The van der Waals surface area contributed by atoms with E-state index in [9.17, 15) is 0 Å². The van der Waals surface area contributed by atoms with Gasteiger partial charge in [0.1, 0.15) is 0 Å². The van der Waals surface area contributed by atoms with Crippen LogP contribution >= 0.6 is 0 Å². The highest BCUT2D eigenvalue weighted by Gasteiger charge is 2.16. The molecule has 0 fully saturated rings. The van der Waals surface area contributed by atoms with Crippen LogP contribution in [0.5, 0.6) is 0 Å². The average Bonchev–Trinajstić information content (AvgIpc) is 2.49. The van der Waals surface area contributed by atoms with E-state index in [1.54, 1.807) is 0 Å². The van der Waals surface area contributed by atoms with Crippen molar-refractivity contribution in [2.24, 2.45) is 0 Å². The van der Waals surface area contributed by atoms with E-state index in [0.717, 1.165) is 32.7 Å². The van der Waals surface area contributed by atoms with Crippen LogP contribution in [0.3, 0.4) is 0 Å². The summed E-state index contributed by atoms with van der Waals surface area (Å²) in [6, 6.07) is 6.61. The Morgan fingerprint density at radius 3 is 2.94 bits per heavy atom. The number of rotatable bonds is 3. The van der Waals surface area contributed by atoms with Crippen molar-refractivity contribution in [3.63, 3.8) is 0 Å². The Bertz CT molecular complexity index is 374. The summed E-state index contributed by atoms with van der Waals surface area (Å²) in [5.41, 5.74) is 4.27. The van der Waals surface area contributed by atoms with Crippen LogP contribution < -0.4 is 10.2 Å². The smallest absolute Gasteiger partial charge is 0.0442 e. The highest BCUT2D eigenvalue weighted by atomic mass is 15.2. The third-order valence-electron chi connectivity index (χ3n) is 3.33. The van der Waals surface area contributed by atoms with Crippen LogP contribution in [0.25, 0.3) is 0 Å². The molecule has 0 spiro atoms. The molecule has 17 heavy (non-hydrogen) atoms. The van der Waals surface area contributed by atoms with E-state index >= 15 is 0 Å². The van der Waals surface area contributed by atoms with Crippen LogP contribution in [0.2, 0.25) is 0 Å². The molecule has 0 unspecified atom stereocenters. The molecule has 1 heterocycles. The zero-order chi connectivity index (χ0) is 12.3. The van der Waals surface area contributed by atoms with Crippen molar-refractivity contribution < 1.29 is 0 Å². The Labute approximate surface area is 104 Å². The number of hydrogen-bond acceptors (Lipinski definition) is 3. The highest BCUT2D eigenvalue weighted by Crippen LogP contribution is 2.26. The van der Waals surface area contributed by atoms with Crippen LogP contribution in [-0.4, -0.2) is 45.2 Å². The summed E-state index contributed by atoms with van der Waals surface area (Å²) >= 11 is 0. The summed E-state index contributed by atoms with van der Waals surface area (Å²) in [7, 11) is 4.27. The Morgan fingerprint density at radius 2 is 2.18 bits per heavy atom. The zero-order valence-electron chi connectivity index (χ0n) is 11.2. The Balaban J connectivity index is 2.23. The maximum absolute atomic E-state index is 3.49. The molecule has 0 saturated carbocycles. The first-order valence-corrected chi connectivity index (χ1v) is 6.37. The van der Waals surface area contributed by atoms with Gasteiger partial charge in [-0.05, 0) is 32.1 Å². The zero-order valence-corrected chi connectivity index (χ0v) is 11.2. The predicted molar refractivity (Wildman–Crippen MR) is 73.7 cm³/mol. The molecule has 3 nitrogen and oxygen atoms in total. The number of nitrogens with zero attached hydrogens (tertiary/aromatic N) is 2. The second-order valence-corrected chi connectivity index (χ2v) is 5.05. The van der Waals surface area contributed by atoms with Gasteiger partial charge in [-0.1, -0.05) is 18.2 Å². The van der Waals surface area contributed by atoms with Crippen molar-refractivity contribution in [3.8, 4) is 0 Å². The lowest BCUT2D eigenvalue weighted by Crippen LogP contribution is -2.35. The van der Waals surface area contributed by atoms with E-state index in [1.807, 2.05) is 0 Å². The molecule has 0 amide bonds. The molecule has 1 aliphatic heterocycles. The fourth-order valence-corrected chi connectivity index (χ4v) is 2.41. The van der Waals surface area contributed by atoms with Gasteiger partial charge in [0, 0.05) is 38.4 Å². The first kappa shape index (κ1) is 12.4. The van der Waals surface area contributed by atoms with E-state index in [1.165, 1.54) is 16.8 Å². The number of para-hydroxylation sites is 1. The highest BCUT2D eigenvalue weighted by molar-refractivity contribution is 5.60. The molecule has 0 atom stereocenters. The molecule has 0 bridgehead atoms. The Hall–Kier alpha value is -1.06. The fraction of sp³-hybridized carbons (Fsp3) is 0.571. The molecule has 0 aliphatic carbocycles. The standard InChI is InChI=1S/C14H23N3/c1-12-5-4-6-13-11-15-7-8-17(14(12)13)10-9-16(2)3/h4-6,15H,7-11H2,1-3H3. The molecule has 0 radical (unpaired) electrons. The summed E-state index contributed by atoms with van der Waals surface area (Å²) in [5.74, 6) is 0. The van der Waals surface area contributed by atoms with Gasteiger partial charge in [-0.3, -0.25) is 0 Å². The van der Waals surface area contributed by atoms with Crippen LogP contribution in [0.15, 0.2) is 18.2 Å². The second-order valence-electron chi connectivity index (χ2n) is 5.05. The van der Waals surface area contributed by atoms with E-state index in [2.05, 4.69) is 54.3 Å². The minimum Gasteiger partial charge on any atom is -0.368 e. The molecule has 0 aromatic heterocycles. The minimum absolute atomic E-state index is 0.996. The fourth-order valence-electron chi connectivity index (χ4n) is 2.41. The maximum Gasteiger partial charge on any atom is 0.0442 e. The van der Waals surface area contributed by atoms with E-state index < -0.39 is 0 Å². The van der Waals surface area contributed by atoms with E-state index in [4.69, 9.17) is 0 Å². The van der Waals surface area contributed by atoms with Crippen molar-refractivity contribution in [2.75, 3.05) is 45.2 Å². The summed E-state index contributed by atoms with van der Waals surface area (Å²) < 4.78 is 0. The van der Waals surface area contributed by atoms with Crippen molar-refractivity contribution in [3.05, 3.63) is 29.3 Å². The van der Waals surface area contributed by atoms with Gasteiger partial charge < -0.3 is 15.1 Å². The molecule has 2 rings (SSSR count). The molecule has 1 aromatic carbocycles. The summed E-state index contributed by atoms with van der Waals surface area (Å²) in [5, 5.41) is 3.49. The number of hydrogen-bond donors (Lipinski definition) is 1. The van der Waals surface area contributed by atoms with Crippen molar-refractivity contribution in [1.82, 2.24) is 10.2 Å². The van der Waals surface area contributed by atoms with Crippen molar-refractivity contribution in [2.45, 2.75) is 13.5 Å². The SMILES string of the molecule is Cc1cccc2c1N(CCN(C)C)CCNC2. The number of fused-ring (bicyclic) bond motifs is 1. The van der Waals surface area contributed by atoms with Gasteiger partial charge >= 0.3 is 0 Å². The van der Waals surface area contributed by atoms with Crippen molar-refractivity contribution >= 4 is 5.69 Å². The normalized spacial score (nSPS) is 15.9. The second kappa shape index (κ2) is 5.52. The van der Waals surface area contributed by atoms with Gasteiger partial charge in [-0.15, -0.1) is 0 Å². The maximum atomic E-state index is 3.49. The third kappa shape index (κ3) is 2.99. The molecular formula is C14H23N3. The lowest BCUT2D eigenvalue weighted by molar-refractivity contribution is 0.413. The molecule has 94 valence electrons. The molecule has 1 aliphatic rings. The summed E-state index contributed by atoms with van der Waals surface area (Å²) in [6.07, 6.45) is 0. The van der Waals surface area contributed by atoms with Gasteiger partial charge in [-0.25, -0.2) is 0 Å². The van der Waals surface area contributed by atoms with Crippen LogP contribution in [-0.2, 0) is 6.54 Å². The average molecular weight is 233 g/mol. The third-order valence-corrected chi connectivity index (χ3v) is 3.33. The first-order chi connectivity index (χ1) is 8.18. The number of anilines is 1. The van der Waals surface area contributed by atoms with Gasteiger partial charge in [-0.2, -0.15) is 0 Å². The predicted octanol–water partition coefficient (Wildman–Crippen LogP) is 1.47. The Morgan fingerprint density at radius 1 is 1.35 bits per heavy atom. The van der Waals surface area contributed by atoms with Gasteiger partial charge in [0.25, 0.3) is 0 Å². The lowest BCUT2D eigenvalue weighted by atomic mass is 10.1. The Kier molecular flexibility index (Phi) is 4.02. The van der Waals surface area contributed by atoms with Crippen LogP contribution in [0.4, 0.5) is 5.69 Å². The number of likely N-dealkylation sites (N-methyl/N-ethyl adjacent to an activating group) is 1. The quantitative estimate of drug-likeness (QED) is 0.853. The van der Waals surface area contributed by atoms with Gasteiger partial charge in [0.05, 0.1) is 0 Å².